The van der Waals surface area contributed by atoms with Crippen LogP contribution in [0.1, 0.15) is 16.1 Å². The van der Waals surface area contributed by atoms with Crippen molar-refractivity contribution in [2.75, 3.05) is 5.73 Å². The van der Waals surface area contributed by atoms with Crippen molar-refractivity contribution in [2.45, 2.75) is 6.92 Å². The Morgan fingerprint density at radius 2 is 1.94 bits per heavy atom. The summed E-state index contributed by atoms with van der Waals surface area (Å²) in [7, 11) is 0. The molecule has 31 heavy (non-hydrogen) atoms. The van der Waals surface area contributed by atoms with E-state index in [9.17, 15) is 9.18 Å². The van der Waals surface area contributed by atoms with Crippen molar-refractivity contribution in [3.05, 3.63) is 71.3 Å². The largest absolute Gasteiger partial charge is 0.453 e. The van der Waals surface area contributed by atoms with Crippen LogP contribution in [0, 0.1) is 12.7 Å². The van der Waals surface area contributed by atoms with Gasteiger partial charge in [0.05, 0.1) is 23.7 Å². The second-order valence-electron chi connectivity index (χ2n) is 6.44. The number of nitrogen functional groups attached to an aromatic ring is 1. The molecule has 0 aliphatic carbocycles. The molecule has 11 heteroatoms. The number of halogens is 2. The fourth-order valence-corrected chi connectivity index (χ4v) is 3.17. The Bertz CT molecular complexity index is 1290. The zero-order chi connectivity index (χ0) is 22.1. The fourth-order valence-electron chi connectivity index (χ4n) is 3.02. The number of rotatable bonds is 5. The molecule has 1 aromatic carbocycles. The summed E-state index contributed by atoms with van der Waals surface area (Å²) < 4.78 is 21.8. The smallest absolute Gasteiger partial charge is 0.252 e. The number of benzene rings is 1. The van der Waals surface area contributed by atoms with E-state index in [2.05, 4.69) is 20.1 Å². The number of carbonyl (C=O) groups is 1. The summed E-state index contributed by atoms with van der Waals surface area (Å²) in [5, 5.41) is 4.51. The number of hydrogen-bond acceptors (Lipinski definition) is 7. The minimum absolute atomic E-state index is 0.0631. The molecule has 0 bridgehead atoms. The molecule has 0 spiro atoms. The molecule has 0 atom stereocenters. The maximum Gasteiger partial charge on any atom is 0.252 e. The van der Waals surface area contributed by atoms with E-state index >= 15 is 0 Å². The number of nitrogens with two attached hydrogens (primary N) is 2. The van der Waals surface area contributed by atoms with Gasteiger partial charge in [0, 0.05) is 17.8 Å². The summed E-state index contributed by atoms with van der Waals surface area (Å²) in [6.45, 7) is 1.67. The number of amides is 1. The lowest BCUT2D eigenvalue weighted by molar-refractivity contribution is 0.100. The van der Waals surface area contributed by atoms with Crippen molar-refractivity contribution >= 4 is 23.3 Å². The highest BCUT2D eigenvalue weighted by Gasteiger charge is 2.22. The summed E-state index contributed by atoms with van der Waals surface area (Å²) >= 11 is 6.05. The highest BCUT2D eigenvalue weighted by atomic mass is 35.5. The molecule has 0 radical (unpaired) electrons. The minimum atomic E-state index is -0.699. The predicted molar refractivity (Wildman–Crippen MR) is 112 cm³/mol. The standard InChI is InChI=1S/C20H15ClFN7O2/c1-10-16(20(24)30)18(28-29(10)12-7-25-9-26-8-12)11-2-3-14(13(22)6-11)31-15-4-5-27-19(23)17(15)21/h2-9H,1H3,(H2,23,27)(H2,24,30). The van der Waals surface area contributed by atoms with E-state index in [-0.39, 0.29) is 33.6 Å². The van der Waals surface area contributed by atoms with Crippen LogP contribution in [0.2, 0.25) is 5.02 Å². The van der Waals surface area contributed by atoms with Crippen LogP contribution in [0.25, 0.3) is 16.9 Å². The van der Waals surface area contributed by atoms with E-state index < -0.39 is 11.7 Å². The molecule has 4 N–H and O–H groups in total. The first-order valence-corrected chi connectivity index (χ1v) is 9.27. The van der Waals surface area contributed by atoms with Gasteiger partial charge in [-0.1, -0.05) is 11.6 Å². The molecule has 4 rings (SSSR count). The van der Waals surface area contributed by atoms with Gasteiger partial charge >= 0.3 is 0 Å². The third kappa shape index (κ3) is 3.76. The summed E-state index contributed by atoms with van der Waals surface area (Å²) in [6.07, 6.45) is 5.83. The second-order valence-corrected chi connectivity index (χ2v) is 6.82. The normalized spacial score (nSPS) is 10.8. The number of pyridine rings is 1. The Morgan fingerprint density at radius 3 is 2.61 bits per heavy atom. The Balaban J connectivity index is 1.76. The average molecular weight is 440 g/mol. The van der Waals surface area contributed by atoms with Gasteiger partial charge in [0.1, 0.15) is 28.5 Å². The molecule has 1 amide bonds. The summed E-state index contributed by atoms with van der Waals surface area (Å²) in [6, 6.07) is 5.59. The van der Waals surface area contributed by atoms with E-state index in [4.69, 9.17) is 27.8 Å². The summed E-state index contributed by atoms with van der Waals surface area (Å²) in [5.74, 6) is -1.27. The van der Waals surface area contributed by atoms with Gasteiger partial charge in [-0.25, -0.2) is 24.0 Å². The quantitative estimate of drug-likeness (QED) is 0.487. The first kappa shape index (κ1) is 20.2. The van der Waals surface area contributed by atoms with Crippen LogP contribution < -0.4 is 16.2 Å². The number of nitrogens with zero attached hydrogens (tertiary/aromatic N) is 5. The third-order valence-electron chi connectivity index (χ3n) is 4.46. The Morgan fingerprint density at radius 1 is 1.19 bits per heavy atom. The molecule has 0 saturated carbocycles. The predicted octanol–water partition coefficient (Wildman–Crippen LogP) is 3.30. The van der Waals surface area contributed by atoms with Gasteiger partial charge in [0.2, 0.25) is 0 Å². The number of anilines is 1. The lowest BCUT2D eigenvalue weighted by Crippen LogP contribution is -2.13. The number of aromatic nitrogens is 5. The maximum absolute atomic E-state index is 14.8. The molecule has 156 valence electrons. The van der Waals surface area contributed by atoms with Crippen molar-refractivity contribution in [3.63, 3.8) is 0 Å². The molecule has 0 fully saturated rings. The van der Waals surface area contributed by atoms with E-state index in [1.807, 2.05) is 0 Å². The third-order valence-corrected chi connectivity index (χ3v) is 4.84. The molecule has 0 saturated heterocycles. The van der Waals surface area contributed by atoms with Crippen LogP contribution >= 0.6 is 11.6 Å². The highest BCUT2D eigenvalue weighted by molar-refractivity contribution is 6.34. The van der Waals surface area contributed by atoms with Crippen LogP contribution in [0.5, 0.6) is 11.5 Å². The average Bonchev–Trinajstić information content (AvgIpc) is 3.10. The first-order valence-electron chi connectivity index (χ1n) is 8.89. The zero-order valence-corrected chi connectivity index (χ0v) is 16.8. The minimum Gasteiger partial charge on any atom is -0.453 e. The van der Waals surface area contributed by atoms with Gasteiger partial charge in [-0.05, 0) is 25.1 Å². The van der Waals surface area contributed by atoms with Gasteiger partial charge in [-0.2, -0.15) is 5.10 Å². The van der Waals surface area contributed by atoms with Gasteiger partial charge in [-0.3, -0.25) is 4.79 Å². The van der Waals surface area contributed by atoms with Crippen LogP contribution in [-0.4, -0.2) is 30.6 Å². The van der Waals surface area contributed by atoms with Crippen molar-refractivity contribution in [1.29, 1.82) is 0 Å². The molecule has 4 aromatic rings. The van der Waals surface area contributed by atoms with Gasteiger partial charge < -0.3 is 16.2 Å². The summed E-state index contributed by atoms with van der Waals surface area (Å²) in [5.41, 5.74) is 12.9. The van der Waals surface area contributed by atoms with E-state index in [1.54, 1.807) is 13.0 Å². The molecular formula is C20H15ClFN7O2. The SMILES string of the molecule is Cc1c(C(N)=O)c(-c2ccc(Oc3ccnc(N)c3Cl)c(F)c2)nn1-c1cncnc1. The Kier molecular flexibility index (Phi) is 5.22. The first-order chi connectivity index (χ1) is 14.9. The van der Waals surface area contributed by atoms with E-state index in [1.165, 1.54) is 47.8 Å². The fraction of sp³-hybridized carbons (Fsp3) is 0.0500. The van der Waals surface area contributed by atoms with Crippen molar-refractivity contribution in [2.24, 2.45) is 5.73 Å². The van der Waals surface area contributed by atoms with Gasteiger partial charge in [0.25, 0.3) is 5.91 Å². The lowest BCUT2D eigenvalue weighted by atomic mass is 10.1. The van der Waals surface area contributed by atoms with Gasteiger partial charge in [-0.15, -0.1) is 0 Å². The maximum atomic E-state index is 14.8. The Labute approximate surface area is 180 Å². The van der Waals surface area contributed by atoms with Crippen molar-refractivity contribution < 1.29 is 13.9 Å². The van der Waals surface area contributed by atoms with Crippen LogP contribution in [0.3, 0.4) is 0 Å². The summed E-state index contributed by atoms with van der Waals surface area (Å²) in [4.78, 5) is 23.8. The molecule has 0 unspecified atom stereocenters. The number of ether oxygens (including phenoxy) is 1. The lowest BCUT2D eigenvalue weighted by Gasteiger charge is -2.10. The van der Waals surface area contributed by atoms with Crippen molar-refractivity contribution in [3.8, 4) is 28.4 Å². The second kappa shape index (κ2) is 8.00. The van der Waals surface area contributed by atoms with E-state index in [0.29, 0.717) is 16.9 Å². The van der Waals surface area contributed by atoms with E-state index in [0.717, 1.165) is 0 Å². The molecule has 0 aliphatic rings. The molecule has 3 aromatic heterocycles. The van der Waals surface area contributed by atoms with Gasteiger partial charge in [0.15, 0.2) is 17.3 Å². The molecule has 3 heterocycles. The molecule has 0 aliphatic heterocycles. The number of carbonyl (C=O) groups excluding carboxylic acids is 1. The Hall–Kier alpha value is -4.05. The van der Waals surface area contributed by atoms with Crippen LogP contribution in [0.4, 0.5) is 10.2 Å². The van der Waals surface area contributed by atoms with Crippen molar-refractivity contribution in [1.82, 2.24) is 24.7 Å². The van der Waals surface area contributed by atoms with Crippen LogP contribution in [0.15, 0.2) is 49.2 Å². The topological polar surface area (TPSA) is 135 Å². The molecular weight excluding hydrogens is 425 g/mol. The molecule has 9 nitrogen and oxygen atoms in total. The highest BCUT2D eigenvalue weighted by Crippen LogP contribution is 2.35. The van der Waals surface area contributed by atoms with Crippen LogP contribution in [-0.2, 0) is 0 Å². The zero-order valence-electron chi connectivity index (χ0n) is 16.1. The monoisotopic (exact) mass is 439 g/mol. The number of hydrogen-bond donors (Lipinski definition) is 2. The number of primary amides is 1.